The van der Waals surface area contributed by atoms with Gasteiger partial charge < -0.3 is 0 Å². The summed E-state index contributed by atoms with van der Waals surface area (Å²) in [6.07, 6.45) is 2.65. The molecule has 90 valence electrons. The third-order valence-corrected chi connectivity index (χ3v) is 3.60. The van der Waals surface area contributed by atoms with Gasteiger partial charge in [-0.15, -0.1) is 0 Å². The van der Waals surface area contributed by atoms with E-state index in [9.17, 15) is 4.79 Å². The molecule has 2 unspecified atom stereocenters. The third kappa shape index (κ3) is 1.94. The molecule has 0 aliphatic heterocycles. The topological polar surface area (TPSA) is 30.0 Å². The normalized spacial score (nSPS) is 21.6. The van der Waals surface area contributed by atoms with E-state index in [0.717, 1.165) is 12.0 Å². The first-order valence-corrected chi connectivity index (χ1v) is 6.28. The number of aromatic nitrogens is 1. The van der Waals surface area contributed by atoms with Crippen molar-refractivity contribution in [1.29, 1.82) is 0 Å². The molecule has 1 fully saturated rings. The van der Waals surface area contributed by atoms with E-state index in [1.54, 1.807) is 6.20 Å². The van der Waals surface area contributed by atoms with Crippen LogP contribution in [0.4, 0.5) is 0 Å². The zero-order valence-electron chi connectivity index (χ0n) is 10.3. The molecule has 2 nitrogen and oxygen atoms in total. The van der Waals surface area contributed by atoms with Gasteiger partial charge >= 0.3 is 0 Å². The molecule has 1 saturated carbocycles. The molecule has 0 amide bonds. The fraction of sp³-hybridized carbons (Fsp3) is 0.250. The van der Waals surface area contributed by atoms with Gasteiger partial charge in [-0.2, -0.15) is 0 Å². The maximum atomic E-state index is 12.3. The molecule has 1 aliphatic rings. The van der Waals surface area contributed by atoms with Gasteiger partial charge in [0.2, 0.25) is 0 Å². The Bertz CT molecular complexity index is 577. The van der Waals surface area contributed by atoms with Gasteiger partial charge in [0.1, 0.15) is 5.69 Å². The first-order chi connectivity index (χ1) is 8.77. The number of carbonyl (C=O) groups excluding carboxylic acids is 1. The lowest BCUT2D eigenvalue weighted by atomic mass is 10.0. The summed E-state index contributed by atoms with van der Waals surface area (Å²) >= 11 is 0. The van der Waals surface area contributed by atoms with E-state index in [1.165, 1.54) is 5.56 Å². The first kappa shape index (κ1) is 11.1. The van der Waals surface area contributed by atoms with Crippen LogP contribution in [0.15, 0.2) is 48.7 Å². The highest BCUT2D eigenvalue weighted by molar-refractivity contribution is 5.99. The Balaban J connectivity index is 1.80. The van der Waals surface area contributed by atoms with Crippen molar-refractivity contribution in [3.8, 4) is 0 Å². The largest absolute Gasteiger partial charge is 0.292 e. The van der Waals surface area contributed by atoms with Gasteiger partial charge in [0, 0.05) is 12.1 Å². The molecule has 3 rings (SSSR count). The number of ketones is 1. The van der Waals surface area contributed by atoms with E-state index < -0.39 is 0 Å². The van der Waals surface area contributed by atoms with Crippen LogP contribution in [0.2, 0.25) is 0 Å². The highest BCUT2D eigenvalue weighted by atomic mass is 16.1. The molecule has 1 aliphatic carbocycles. The van der Waals surface area contributed by atoms with Crippen LogP contribution < -0.4 is 0 Å². The summed E-state index contributed by atoms with van der Waals surface area (Å²) in [6, 6.07) is 14.1. The highest BCUT2D eigenvalue weighted by Crippen LogP contribution is 2.49. The van der Waals surface area contributed by atoms with Crippen molar-refractivity contribution in [3.63, 3.8) is 0 Å². The quantitative estimate of drug-likeness (QED) is 0.766. The summed E-state index contributed by atoms with van der Waals surface area (Å²) in [5.41, 5.74) is 2.88. The SMILES string of the molecule is Cc1cccnc1C(=O)C1CC1c1ccccc1. The minimum atomic E-state index is 0.126. The van der Waals surface area contributed by atoms with E-state index in [0.29, 0.717) is 11.6 Å². The zero-order valence-corrected chi connectivity index (χ0v) is 10.3. The van der Waals surface area contributed by atoms with Crippen molar-refractivity contribution in [1.82, 2.24) is 4.98 Å². The van der Waals surface area contributed by atoms with Crippen molar-refractivity contribution in [2.45, 2.75) is 19.3 Å². The summed E-state index contributed by atoms with van der Waals surface area (Å²) in [6.45, 7) is 1.94. The van der Waals surface area contributed by atoms with E-state index in [-0.39, 0.29) is 11.7 Å². The number of rotatable bonds is 3. The number of carbonyl (C=O) groups is 1. The maximum Gasteiger partial charge on any atom is 0.185 e. The van der Waals surface area contributed by atoms with Crippen molar-refractivity contribution in [3.05, 3.63) is 65.5 Å². The van der Waals surface area contributed by atoms with Gasteiger partial charge in [-0.3, -0.25) is 9.78 Å². The van der Waals surface area contributed by atoms with Crippen LogP contribution in [-0.2, 0) is 0 Å². The zero-order chi connectivity index (χ0) is 12.5. The van der Waals surface area contributed by atoms with E-state index in [4.69, 9.17) is 0 Å². The van der Waals surface area contributed by atoms with Gasteiger partial charge in [-0.25, -0.2) is 0 Å². The van der Waals surface area contributed by atoms with Crippen molar-refractivity contribution in [2.24, 2.45) is 5.92 Å². The van der Waals surface area contributed by atoms with Gasteiger partial charge in [-0.05, 0) is 36.5 Å². The van der Waals surface area contributed by atoms with Crippen molar-refractivity contribution in [2.75, 3.05) is 0 Å². The highest BCUT2D eigenvalue weighted by Gasteiger charge is 2.44. The Labute approximate surface area is 107 Å². The summed E-state index contributed by atoms with van der Waals surface area (Å²) in [7, 11) is 0. The summed E-state index contributed by atoms with van der Waals surface area (Å²) < 4.78 is 0. The Morgan fingerprint density at radius 3 is 2.67 bits per heavy atom. The van der Waals surface area contributed by atoms with Crippen LogP contribution in [0.1, 0.15) is 34.0 Å². The molecule has 2 atom stereocenters. The molecule has 0 spiro atoms. The van der Waals surface area contributed by atoms with Gasteiger partial charge in [0.25, 0.3) is 0 Å². The van der Waals surface area contributed by atoms with Gasteiger partial charge in [0.15, 0.2) is 5.78 Å². The van der Waals surface area contributed by atoms with Gasteiger partial charge in [-0.1, -0.05) is 36.4 Å². The Hall–Kier alpha value is -1.96. The number of nitrogens with zero attached hydrogens (tertiary/aromatic N) is 1. The standard InChI is InChI=1S/C16H15NO/c1-11-6-5-9-17-15(11)16(18)14-10-13(14)12-7-3-2-4-8-12/h2-9,13-14H,10H2,1H3. The minimum absolute atomic E-state index is 0.126. The van der Waals surface area contributed by atoms with Crippen LogP contribution in [0.3, 0.4) is 0 Å². The molecule has 2 aromatic rings. The summed E-state index contributed by atoms with van der Waals surface area (Å²) in [5, 5.41) is 0. The van der Waals surface area contributed by atoms with Gasteiger partial charge in [0.05, 0.1) is 0 Å². The monoisotopic (exact) mass is 237 g/mol. The van der Waals surface area contributed by atoms with Crippen LogP contribution in [0, 0.1) is 12.8 Å². The summed E-state index contributed by atoms with van der Waals surface area (Å²) in [4.78, 5) is 16.6. The van der Waals surface area contributed by atoms with E-state index in [2.05, 4.69) is 17.1 Å². The fourth-order valence-electron chi connectivity index (χ4n) is 2.47. The lowest BCUT2D eigenvalue weighted by Crippen LogP contribution is -2.07. The summed E-state index contributed by atoms with van der Waals surface area (Å²) in [5.74, 6) is 0.711. The molecule has 2 heteroatoms. The average Bonchev–Trinajstić information content (AvgIpc) is 3.20. The van der Waals surface area contributed by atoms with Crippen LogP contribution in [-0.4, -0.2) is 10.8 Å². The molecular weight excluding hydrogens is 222 g/mol. The number of hydrogen-bond donors (Lipinski definition) is 0. The smallest absolute Gasteiger partial charge is 0.185 e. The molecular formula is C16H15NO. The van der Waals surface area contributed by atoms with Crippen LogP contribution in [0.25, 0.3) is 0 Å². The van der Waals surface area contributed by atoms with E-state index >= 15 is 0 Å². The molecule has 0 N–H and O–H groups in total. The van der Waals surface area contributed by atoms with Crippen LogP contribution in [0.5, 0.6) is 0 Å². The Morgan fingerprint density at radius 1 is 1.17 bits per heavy atom. The predicted octanol–water partition coefficient (Wildman–Crippen LogP) is 3.38. The Morgan fingerprint density at radius 2 is 1.94 bits per heavy atom. The molecule has 0 saturated heterocycles. The second-order valence-corrected chi connectivity index (χ2v) is 4.89. The third-order valence-electron chi connectivity index (χ3n) is 3.60. The van der Waals surface area contributed by atoms with Crippen LogP contribution >= 0.6 is 0 Å². The molecule has 18 heavy (non-hydrogen) atoms. The fourth-order valence-corrected chi connectivity index (χ4v) is 2.47. The molecule has 1 aromatic carbocycles. The number of pyridine rings is 1. The second kappa shape index (κ2) is 4.37. The van der Waals surface area contributed by atoms with E-state index in [1.807, 2.05) is 37.3 Å². The molecule has 0 radical (unpaired) electrons. The first-order valence-electron chi connectivity index (χ1n) is 6.28. The lowest BCUT2D eigenvalue weighted by molar-refractivity contribution is 0.0959. The number of hydrogen-bond acceptors (Lipinski definition) is 2. The van der Waals surface area contributed by atoms with Crippen molar-refractivity contribution < 1.29 is 4.79 Å². The Kier molecular flexibility index (Phi) is 2.71. The number of benzene rings is 1. The number of Topliss-reactive ketones (excluding diaryl/α,β-unsaturated/α-hetero) is 1. The maximum absolute atomic E-state index is 12.3. The molecule has 1 aromatic heterocycles. The molecule has 0 bridgehead atoms. The number of aryl methyl sites for hydroxylation is 1. The van der Waals surface area contributed by atoms with Crippen molar-refractivity contribution >= 4 is 5.78 Å². The molecule has 1 heterocycles. The average molecular weight is 237 g/mol. The predicted molar refractivity (Wildman–Crippen MR) is 70.6 cm³/mol. The lowest BCUT2D eigenvalue weighted by Gasteiger charge is -2.03. The minimum Gasteiger partial charge on any atom is -0.292 e. The second-order valence-electron chi connectivity index (χ2n) is 4.89.